The van der Waals surface area contributed by atoms with E-state index >= 15 is 0 Å². The largest absolute Gasteiger partial charge is 0.508 e. The van der Waals surface area contributed by atoms with Crippen molar-refractivity contribution in [3.8, 4) is 11.5 Å². The number of anilines is 2. The van der Waals surface area contributed by atoms with Gasteiger partial charge < -0.3 is 35.3 Å². The Morgan fingerprint density at radius 3 is 1.44 bits per heavy atom. The molecule has 0 heterocycles. The number of hydrogen-bond donors (Lipinski definition) is 5. The molecule has 182 valence electrons. The number of benzene rings is 2. The minimum absolute atomic E-state index is 0.221. The molecule has 5 N–H and O–H groups in total. The fourth-order valence-electron chi connectivity index (χ4n) is 4.36. The van der Waals surface area contributed by atoms with Gasteiger partial charge in [0.1, 0.15) is 24.6 Å². The third kappa shape index (κ3) is 4.76. The number of phenols is 2. The van der Waals surface area contributed by atoms with Crippen LogP contribution < -0.4 is 9.80 Å². The van der Waals surface area contributed by atoms with Crippen LogP contribution in [0.4, 0.5) is 11.4 Å². The monoisotopic (exact) mass is 472 g/mol. The summed E-state index contributed by atoms with van der Waals surface area (Å²) in [6.07, 6.45) is -1.19. The molecule has 10 nitrogen and oxygen atoms in total. The SMILES string of the molecule is CCN(CC(=O)O)c1ccc(C2C(=O)C(c3ccc(N(CC)CC(=O)O)cc3O)C2O)c(O)c1. The molecule has 1 aliphatic rings. The van der Waals surface area contributed by atoms with Crippen molar-refractivity contribution in [1.29, 1.82) is 0 Å². The normalized spacial score (nSPS) is 19.4. The van der Waals surface area contributed by atoms with Crippen LogP contribution in [0, 0.1) is 0 Å². The summed E-state index contributed by atoms with van der Waals surface area (Å²) in [7, 11) is 0. The molecule has 10 heteroatoms. The van der Waals surface area contributed by atoms with Crippen LogP contribution in [0.3, 0.4) is 0 Å². The van der Waals surface area contributed by atoms with Gasteiger partial charge in [0.2, 0.25) is 0 Å². The number of ketones is 1. The summed E-state index contributed by atoms with van der Waals surface area (Å²) in [5.74, 6) is -4.87. The number of carbonyl (C=O) groups is 3. The second-order valence-electron chi connectivity index (χ2n) is 8.15. The Hall–Kier alpha value is -3.79. The van der Waals surface area contributed by atoms with E-state index in [1.165, 1.54) is 34.1 Å². The topological polar surface area (TPSA) is 159 Å². The zero-order chi connectivity index (χ0) is 25.2. The number of likely N-dealkylation sites (N-methyl/N-ethyl adjacent to an activating group) is 2. The number of aliphatic hydroxyl groups is 1. The van der Waals surface area contributed by atoms with Crippen molar-refractivity contribution in [2.24, 2.45) is 0 Å². The van der Waals surface area contributed by atoms with Gasteiger partial charge in [-0.3, -0.25) is 14.4 Å². The number of aromatic hydroxyl groups is 2. The molecule has 0 aliphatic heterocycles. The summed E-state index contributed by atoms with van der Waals surface area (Å²) in [5.41, 5.74) is 1.38. The number of nitrogens with zero attached hydrogens (tertiary/aromatic N) is 2. The summed E-state index contributed by atoms with van der Waals surface area (Å²) >= 11 is 0. The molecular weight excluding hydrogens is 444 g/mol. The lowest BCUT2D eigenvalue weighted by Crippen LogP contribution is -2.48. The van der Waals surface area contributed by atoms with Crippen LogP contribution >= 0.6 is 0 Å². The number of rotatable bonds is 10. The van der Waals surface area contributed by atoms with Gasteiger partial charge in [-0.05, 0) is 26.0 Å². The van der Waals surface area contributed by atoms with E-state index in [1.54, 1.807) is 26.0 Å². The molecule has 2 aromatic rings. The minimum Gasteiger partial charge on any atom is -0.508 e. The molecule has 3 rings (SSSR count). The van der Waals surface area contributed by atoms with Gasteiger partial charge in [0.05, 0.1) is 17.9 Å². The van der Waals surface area contributed by atoms with Gasteiger partial charge in [0, 0.05) is 47.7 Å². The Morgan fingerprint density at radius 1 is 0.794 bits per heavy atom. The predicted molar refractivity (Wildman–Crippen MR) is 124 cm³/mol. The maximum absolute atomic E-state index is 13.0. The van der Waals surface area contributed by atoms with Crippen LogP contribution in [0.5, 0.6) is 11.5 Å². The van der Waals surface area contributed by atoms with Crippen LogP contribution in [-0.4, -0.2) is 75.5 Å². The number of aliphatic carboxylic acids is 2. The summed E-state index contributed by atoms with van der Waals surface area (Å²) in [5, 5.41) is 49.8. The van der Waals surface area contributed by atoms with Gasteiger partial charge in [-0.25, -0.2) is 0 Å². The van der Waals surface area contributed by atoms with E-state index in [2.05, 4.69) is 0 Å². The maximum Gasteiger partial charge on any atom is 0.323 e. The molecule has 0 bridgehead atoms. The summed E-state index contributed by atoms with van der Waals surface area (Å²) in [4.78, 5) is 38.1. The van der Waals surface area contributed by atoms with Gasteiger partial charge in [-0.15, -0.1) is 0 Å². The van der Waals surface area contributed by atoms with Crippen LogP contribution in [0.1, 0.15) is 36.8 Å². The van der Waals surface area contributed by atoms with E-state index in [1.807, 2.05) is 0 Å². The lowest BCUT2D eigenvalue weighted by atomic mass is 9.64. The number of aliphatic hydroxyl groups excluding tert-OH is 1. The Morgan fingerprint density at radius 2 is 1.18 bits per heavy atom. The van der Waals surface area contributed by atoms with E-state index in [4.69, 9.17) is 10.2 Å². The molecule has 1 saturated carbocycles. The van der Waals surface area contributed by atoms with Gasteiger partial charge in [0.15, 0.2) is 5.78 Å². The van der Waals surface area contributed by atoms with Gasteiger partial charge >= 0.3 is 11.9 Å². The molecular formula is C24H28N2O8. The highest BCUT2D eigenvalue weighted by molar-refractivity contribution is 6.00. The van der Waals surface area contributed by atoms with Crippen molar-refractivity contribution in [1.82, 2.24) is 0 Å². The van der Waals surface area contributed by atoms with E-state index in [9.17, 15) is 29.7 Å². The lowest BCUT2D eigenvalue weighted by Gasteiger charge is -2.40. The summed E-state index contributed by atoms with van der Waals surface area (Å²) in [6.45, 7) is 3.84. The third-order valence-electron chi connectivity index (χ3n) is 6.14. The molecule has 1 aliphatic carbocycles. The zero-order valence-corrected chi connectivity index (χ0v) is 18.9. The van der Waals surface area contributed by atoms with Crippen molar-refractivity contribution < 1.29 is 39.9 Å². The Kier molecular flexibility index (Phi) is 7.31. The standard InChI is InChI=1S/C24H28N2O8/c1-3-25(11-19(29)30)13-5-7-15(17(27)9-13)21-23(33)22(24(21)34)16-8-6-14(10-18(16)28)26(4-2)12-20(31)32/h5-10,21-23,27-28,33H,3-4,11-12H2,1-2H3,(H,29,30)(H,31,32). The van der Waals surface area contributed by atoms with Crippen molar-refractivity contribution in [3.05, 3.63) is 47.5 Å². The second-order valence-corrected chi connectivity index (χ2v) is 8.15. The quantitative estimate of drug-likeness (QED) is 0.345. The first-order valence-corrected chi connectivity index (χ1v) is 10.9. The highest BCUT2D eigenvalue weighted by Crippen LogP contribution is 2.49. The van der Waals surface area contributed by atoms with Gasteiger partial charge in [-0.2, -0.15) is 0 Å². The molecule has 1 fully saturated rings. The molecule has 34 heavy (non-hydrogen) atoms. The average molecular weight is 472 g/mol. The predicted octanol–water partition coefficient (Wildman–Crippen LogP) is 1.73. The number of hydrogen-bond acceptors (Lipinski definition) is 8. The lowest BCUT2D eigenvalue weighted by molar-refractivity contribution is -0.138. The molecule has 0 saturated heterocycles. The second kappa shape index (κ2) is 10.0. The molecule has 2 atom stereocenters. The molecule has 0 aromatic heterocycles. The van der Waals surface area contributed by atoms with E-state index in [0.29, 0.717) is 24.5 Å². The highest BCUT2D eigenvalue weighted by atomic mass is 16.4. The van der Waals surface area contributed by atoms with E-state index in [-0.39, 0.29) is 41.5 Å². The Bertz CT molecular complexity index is 1020. The molecule has 2 unspecified atom stereocenters. The fraction of sp³-hybridized carbons (Fsp3) is 0.375. The number of Topliss-reactive ketones (excluding diaryl/α,β-unsaturated/α-hetero) is 1. The van der Waals surface area contributed by atoms with Crippen molar-refractivity contribution >= 4 is 29.1 Å². The number of carbonyl (C=O) groups excluding carboxylic acids is 1. The Labute approximate surface area is 196 Å². The van der Waals surface area contributed by atoms with Gasteiger partial charge in [0.25, 0.3) is 0 Å². The van der Waals surface area contributed by atoms with Crippen molar-refractivity contribution in [2.45, 2.75) is 31.8 Å². The van der Waals surface area contributed by atoms with Crippen molar-refractivity contribution in [2.75, 3.05) is 36.0 Å². The molecule has 0 spiro atoms. The highest BCUT2D eigenvalue weighted by Gasteiger charge is 2.52. The summed E-state index contributed by atoms with van der Waals surface area (Å²) < 4.78 is 0. The van der Waals surface area contributed by atoms with E-state index < -0.39 is 29.9 Å². The number of carboxylic acids is 2. The smallest absolute Gasteiger partial charge is 0.323 e. The minimum atomic E-state index is -1.19. The average Bonchev–Trinajstić information content (AvgIpc) is 2.78. The fourth-order valence-corrected chi connectivity index (χ4v) is 4.36. The number of carboxylic acid groups (broad SMARTS) is 2. The van der Waals surface area contributed by atoms with Crippen LogP contribution in [0.15, 0.2) is 36.4 Å². The molecule has 2 aromatic carbocycles. The summed E-state index contributed by atoms with van der Waals surface area (Å²) in [6, 6.07) is 8.88. The zero-order valence-electron chi connectivity index (χ0n) is 18.9. The first-order valence-electron chi connectivity index (χ1n) is 10.9. The number of phenolic OH excluding ortho intramolecular Hbond substituents is 2. The van der Waals surface area contributed by atoms with E-state index in [0.717, 1.165) is 0 Å². The molecule has 0 radical (unpaired) electrons. The van der Waals surface area contributed by atoms with Gasteiger partial charge in [-0.1, -0.05) is 12.1 Å². The first kappa shape index (κ1) is 24.8. The first-order chi connectivity index (χ1) is 16.1. The Balaban J connectivity index is 1.81. The third-order valence-corrected chi connectivity index (χ3v) is 6.14. The van der Waals surface area contributed by atoms with Crippen molar-refractivity contribution in [3.63, 3.8) is 0 Å². The van der Waals surface area contributed by atoms with Crippen LogP contribution in [0.2, 0.25) is 0 Å². The van der Waals surface area contributed by atoms with Crippen LogP contribution in [0.25, 0.3) is 0 Å². The maximum atomic E-state index is 13.0. The molecule has 0 amide bonds. The van der Waals surface area contributed by atoms with Crippen LogP contribution in [-0.2, 0) is 14.4 Å².